The second-order valence-corrected chi connectivity index (χ2v) is 14.5. The first kappa shape index (κ1) is 29.3. The van der Waals surface area contributed by atoms with Crippen LogP contribution in [0, 0.1) is 23.6 Å². The Hall–Kier alpha value is -2.79. The zero-order valence-electron chi connectivity index (χ0n) is 24.1. The first-order valence-corrected chi connectivity index (χ1v) is 17.2. The lowest BCUT2D eigenvalue weighted by molar-refractivity contribution is 0.0988. The van der Waals surface area contributed by atoms with Gasteiger partial charge in [0.1, 0.15) is 5.82 Å². The quantitative estimate of drug-likeness (QED) is 0.288. The van der Waals surface area contributed by atoms with Gasteiger partial charge in [-0.1, -0.05) is 44.5 Å². The highest BCUT2D eigenvalue weighted by Gasteiger charge is 2.58. The summed E-state index contributed by atoms with van der Waals surface area (Å²) in [5, 5.41) is 1.86. The molecule has 1 saturated carbocycles. The maximum absolute atomic E-state index is 15.4. The van der Waals surface area contributed by atoms with Gasteiger partial charge in [0, 0.05) is 38.4 Å². The van der Waals surface area contributed by atoms with E-state index in [4.69, 9.17) is 4.74 Å². The number of amides is 1. The number of anilines is 2. The highest BCUT2D eigenvalue weighted by atomic mass is 32.2. The summed E-state index contributed by atoms with van der Waals surface area (Å²) in [5.74, 6) is 0.168. The zero-order valence-corrected chi connectivity index (χ0v) is 25.7. The third-order valence-corrected chi connectivity index (χ3v) is 11.9. The summed E-state index contributed by atoms with van der Waals surface area (Å²) < 4.78 is 49.9. The lowest BCUT2D eigenvalue weighted by Crippen LogP contribution is -2.38. The Morgan fingerprint density at radius 3 is 2.50 bits per heavy atom. The van der Waals surface area contributed by atoms with Crippen LogP contribution in [0.5, 0.6) is 0 Å². The van der Waals surface area contributed by atoms with E-state index in [1.165, 1.54) is 17.4 Å². The smallest absolute Gasteiger partial charge is 0.268 e. The molecule has 1 aliphatic carbocycles. The minimum atomic E-state index is -3.62. The van der Waals surface area contributed by atoms with Crippen LogP contribution in [0.4, 0.5) is 15.8 Å². The number of carbonyl (C=O) groups excluding carboxylic acids is 1. The van der Waals surface area contributed by atoms with E-state index < -0.39 is 10.0 Å². The summed E-state index contributed by atoms with van der Waals surface area (Å²) in [6.07, 6.45) is 1.92. The number of thiophene rings is 1. The summed E-state index contributed by atoms with van der Waals surface area (Å²) in [6.45, 7) is 7.89. The van der Waals surface area contributed by atoms with Gasteiger partial charge in [-0.25, -0.2) is 12.8 Å². The summed E-state index contributed by atoms with van der Waals surface area (Å²) in [6, 6.07) is 16.0. The van der Waals surface area contributed by atoms with Crippen LogP contribution >= 0.6 is 11.3 Å². The predicted molar refractivity (Wildman–Crippen MR) is 164 cm³/mol. The molecular weight excluding hydrogens is 574 g/mol. The Balaban J connectivity index is 1.19. The van der Waals surface area contributed by atoms with Crippen LogP contribution in [0.2, 0.25) is 0 Å². The van der Waals surface area contributed by atoms with E-state index in [-0.39, 0.29) is 35.4 Å². The number of hydrogen-bond acceptors (Lipinski definition) is 6. The molecular formula is C32H38FN3O4S2. The largest absolute Gasteiger partial charge is 0.378 e. The predicted octanol–water partition coefficient (Wildman–Crippen LogP) is 5.84. The van der Waals surface area contributed by atoms with Crippen molar-refractivity contribution in [3.8, 4) is 0 Å². The number of piperidine rings is 1. The first-order valence-electron chi connectivity index (χ1n) is 14.9. The number of halogens is 1. The molecule has 3 fully saturated rings. The Bertz CT molecular complexity index is 1510. The molecule has 0 bridgehead atoms. The average molecular weight is 612 g/mol. The van der Waals surface area contributed by atoms with Gasteiger partial charge in [0.05, 0.1) is 28.7 Å². The molecule has 7 nitrogen and oxygen atoms in total. The van der Waals surface area contributed by atoms with Gasteiger partial charge >= 0.3 is 0 Å². The SMILES string of the molecule is CCCC(C)c1ccccc1S(=O)(=O)N1CC2C(CN(C(=O)c3cccs3)c3ccc(N4CCOCC4)c(F)c3)C2C1. The number of sulfonamides is 1. The molecule has 2 aromatic carbocycles. The monoisotopic (exact) mass is 611 g/mol. The minimum absolute atomic E-state index is 0.156. The number of fused-ring (bicyclic) bond motifs is 1. The van der Waals surface area contributed by atoms with Crippen LogP contribution in [0.3, 0.4) is 0 Å². The maximum atomic E-state index is 15.4. The summed E-state index contributed by atoms with van der Waals surface area (Å²) in [4.78, 5) is 18.3. The molecule has 0 N–H and O–H groups in total. The van der Waals surface area contributed by atoms with Gasteiger partial charge in [-0.2, -0.15) is 4.31 Å². The number of carbonyl (C=O) groups is 1. The molecule has 0 radical (unpaired) electrons. The second-order valence-electron chi connectivity index (χ2n) is 11.7. The average Bonchev–Trinajstić information content (AvgIpc) is 3.39. The Morgan fingerprint density at radius 1 is 1.10 bits per heavy atom. The van der Waals surface area contributed by atoms with Crippen molar-refractivity contribution in [2.24, 2.45) is 17.8 Å². The number of benzene rings is 2. The maximum Gasteiger partial charge on any atom is 0.268 e. The zero-order chi connectivity index (χ0) is 29.4. The van der Waals surface area contributed by atoms with Gasteiger partial charge in [0.2, 0.25) is 10.0 Å². The molecule has 224 valence electrons. The molecule has 1 amide bonds. The van der Waals surface area contributed by atoms with Crippen molar-refractivity contribution in [1.82, 2.24) is 4.31 Å². The summed E-state index contributed by atoms with van der Waals surface area (Å²) >= 11 is 1.37. The van der Waals surface area contributed by atoms with E-state index in [0.29, 0.717) is 67.1 Å². The Morgan fingerprint density at radius 2 is 1.83 bits per heavy atom. The van der Waals surface area contributed by atoms with Crippen molar-refractivity contribution in [2.45, 2.75) is 37.5 Å². The minimum Gasteiger partial charge on any atom is -0.378 e. The van der Waals surface area contributed by atoms with Gasteiger partial charge < -0.3 is 14.5 Å². The fraction of sp³-hybridized carbons (Fsp3) is 0.469. The third-order valence-electron chi connectivity index (χ3n) is 9.09. The van der Waals surface area contributed by atoms with Crippen LogP contribution < -0.4 is 9.80 Å². The molecule has 3 aliphatic rings. The van der Waals surface area contributed by atoms with Gasteiger partial charge in [-0.05, 0) is 71.4 Å². The Kier molecular flexibility index (Phi) is 8.42. The molecule has 1 aromatic heterocycles. The van der Waals surface area contributed by atoms with E-state index in [1.54, 1.807) is 33.5 Å². The van der Waals surface area contributed by atoms with Gasteiger partial charge in [-0.15, -0.1) is 11.3 Å². The van der Waals surface area contributed by atoms with E-state index in [1.807, 2.05) is 34.5 Å². The molecule has 3 heterocycles. The highest BCUT2D eigenvalue weighted by Crippen LogP contribution is 2.53. The van der Waals surface area contributed by atoms with Crippen LogP contribution in [0.15, 0.2) is 64.9 Å². The van der Waals surface area contributed by atoms with Crippen LogP contribution in [0.25, 0.3) is 0 Å². The van der Waals surface area contributed by atoms with Gasteiger partial charge in [0.25, 0.3) is 5.91 Å². The molecule has 3 unspecified atom stereocenters. The van der Waals surface area contributed by atoms with Crippen molar-refractivity contribution < 1.29 is 22.3 Å². The molecule has 2 aliphatic heterocycles. The normalized spacial score (nSPS) is 23.0. The van der Waals surface area contributed by atoms with E-state index in [2.05, 4.69) is 13.8 Å². The van der Waals surface area contributed by atoms with Crippen LogP contribution in [-0.4, -0.2) is 64.6 Å². The van der Waals surface area contributed by atoms with Crippen molar-refractivity contribution in [1.29, 1.82) is 0 Å². The number of morpholine rings is 1. The lowest BCUT2D eigenvalue weighted by atomic mass is 9.97. The standard InChI is InChI=1S/C32H38FN3O4S2/c1-3-7-22(2)24-8-4-5-10-31(24)42(38,39)35-19-25-26(20-35)27(25)21-36(32(37)30-9-6-17-41-30)23-11-12-29(28(33)18-23)34-13-15-40-16-14-34/h4-6,8-12,17-18,22,25-27H,3,7,13-16,19-21H2,1-2H3. The van der Waals surface area contributed by atoms with E-state index in [0.717, 1.165) is 18.4 Å². The summed E-state index contributed by atoms with van der Waals surface area (Å²) in [5.41, 5.74) is 1.92. The van der Waals surface area contributed by atoms with E-state index >= 15 is 4.39 Å². The number of nitrogens with zero attached hydrogens (tertiary/aromatic N) is 3. The second kappa shape index (κ2) is 12.1. The van der Waals surface area contributed by atoms with Gasteiger partial charge in [-0.3, -0.25) is 4.79 Å². The highest BCUT2D eigenvalue weighted by molar-refractivity contribution is 7.89. The van der Waals surface area contributed by atoms with Crippen molar-refractivity contribution >= 4 is 38.6 Å². The summed E-state index contributed by atoms with van der Waals surface area (Å²) in [7, 11) is -3.62. The van der Waals surface area contributed by atoms with Crippen LogP contribution in [0.1, 0.15) is 47.8 Å². The topological polar surface area (TPSA) is 70.2 Å². The molecule has 6 rings (SSSR count). The van der Waals surface area contributed by atoms with Crippen molar-refractivity contribution in [3.63, 3.8) is 0 Å². The fourth-order valence-electron chi connectivity index (χ4n) is 6.70. The van der Waals surface area contributed by atoms with Crippen molar-refractivity contribution in [2.75, 3.05) is 55.7 Å². The van der Waals surface area contributed by atoms with E-state index in [9.17, 15) is 13.2 Å². The van der Waals surface area contributed by atoms with Crippen LogP contribution in [-0.2, 0) is 14.8 Å². The molecule has 42 heavy (non-hydrogen) atoms. The molecule has 3 atom stereocenters. The van der Waals surface area contributed by atoms with Crippen molar-refractivity contribution in [3.05, 3.63) is 76.2 Å². The lowest BCUT2D eigenvalue weighted by Gasteiger charge is -2.30. The number of rotatable bonds is 10. The molecule has 2 saturated heterocycles. The molecule has 3 aromatic rings. The van der Waals surface area contributed by atoms with Gasteiger partial charge in [0.15, 0.2) is 0 Å². The Labute approximate surface area is 251 Å². The fourth-order valence-corrected chi connectivity index (χ4v) is 9.21. The number of hydrogen-bond donors (Lipinski definition) is 0. The molecule has 10 heteroatoms. The third kappa shape index (κ3) is 5.62. The first-order chi connectivity index (χ1) is 20.3. The molecule has 0 spiro atoms. The number of ether oxygens (including phenoxy) is 1.